The van der Waals surface area contributed by atoms with Crippen molar-refractivity contribution in [1.29, 1.82) is 0 Å². The Balaban J connectivity index is 2.48. The minimum atomic E-state index is -0.794. The topological polar surface area (TPSA) is 83.6 Å². The minimum absolute atomic E-state index is 0.0499. The Morgan fingerprint density at radius 1 is 1.53 bits per heavy atom. The molecule has 5 nitrogen and oxygen atoms in total. The molecule has 0 radical (unpaired) electrons. The molecule has 1 amide bonds. The highest BCUT2D eigenvalue weighted by molar-refractivity contribution is 5.79. The van der Waals surface area contributed by atoms with Crippen LogP contribution in [0.2, 0.25) is 0 Å². The van der Waals surface area contributed by atoms with E-state index in [1.807, 2.05) is 6.92 Å². The van der Waals surface area contributed by atoms with Gasteiger partial charge in [-0.3, -0.25) is 9.59 Å². The van der Waals surface area contributed by atoms with Crippen molar-refractivity contribution < 1.29 is 14.7 Å². The normalized spacial score (nSPS) is 22.2. The molecule has 98 valence electrons. The molecular formula is C12H22N2O3. The van der Waals surface area contributed by atoms with Crippen LogP contribution >= 0.6 is 0 Å². The van der Waals surface area contributed by atoms with E-state index in [-0.39, 0.29) is 11.8 Å². The van der Waals surface area contributed by atoms with Gasteiger partial charge < -0.3 is 15.7 Å². The Bertz CT molecular complexity index is 281. The predicted octanol–water partition coefficient (Wildman–Crippen LogP) is 0.685. The van der Waals surface area contributed by atoms with Gasteiger partial charge in [0.15, 0.2) is 0 Å². The zero-order valence-electron chi connectivity index (χ0n) is 10.4. The third kappa shape index (κ3) is 4.00. The summed E-state index contributed by atoms with van der Waals surface area (Å²) in [5, 5.41) is 8.96. The number of nitrogens with zero attached hydrogens (tertiary/aromatic N) is 1. The van der Waals surface area contributed by atoms with Crippen LogP contribution in [0.1, 0.15) is 32.6 Å². The van der Waals surface area contributed by atoms with Crippen molar-refractivity contribution in [3.05, 3.63) is 0 Å². The Morgan fingerprint density at radius 3 is 2.82 bits per heavy atom. The Morgan fingerprint density at radius 2 is 2.24 bits per heavy atom. The van der Waals surface area contributed by atoms with Gasteiger partial charge in [-0.25, -0.2) is 0 Å². The summed E-state index contributed by atoms with van der Waals surface area (Å²) >= 11 is 0. The zero-order chi connectivity index (χ0) is 12.8. The number of carboxylic acids is 1. The van der Waals surface area contributed by atoms with Crippen molar-refractivity contribution in [2.24, 2.45) is 17.6 Å². The second-order valence-electron chi connectivity index (χ2n) is 4.79. The van der Waals surface area contributed by atoms with Crippen molar-refractivity contribution in [3.8, 4) is 0 Å². The number of rotatable bonds is 5. The van der Waals surface area contributed by atoms with Gasteiger partial charge in [-0.2, -0.15) is 0 Å². The lowest BCUT2D eigenvalue weighted by molar-refractivity contribution is -0.146. The van der Waals surface area contributed by atoms with Crippen molar-refractivity contribution in [1.82, 2.24) is 4.90 Å². The van der Waals surface area contributed by atoms with E-state index >= 15 is 0 Å². The van der Waals surface area contributed by atoms with E-state index in [9.17, 15) is 9.59 Å². The molecule has 1 heterocycles. The molecule has 1 aliphatic rings. The second kappa shape index (κ2) is 6.59. The van der Waals surface area contributed by atoms with Crippen LogP contribution in [-0.2, 0) is 9.59 Å². The van der Waals surface area contributed by atoms with E-state index in [1.54, 1.807) is 4.90 Å². The van der Waals surface area contributed by atoms with Gasteiger partial charge in [-0.1, -0.05) is 6.92 Å². The fraction of sp³-hybridized carbons (Fsp3) is 0.833. The summed E-state index contributed by atoms with van der Waals surface area (Å²) in [4.78, 5) is 24.7. The lowest BCUT2D eigenvalue weighted by Gasteiger charge is -2.32. The van der Waals surface area contributed by atoms with E-state index in [1.165, 1.54) is 0 Å². The summed E-state index contributed by atoms with van der Waals surface area (Å²) in [5.74, 6) is -1.16. The average molecular weight is 242 g/mol. The summed E-state index contributed by atoms with van der Waals surface area (Å²) < 4.78 is 0. The van der Waals surface area contributed by atoms with Gasteiger partial charge in [-0.05, 0) is 32.2 Å². The van der Waals surface area contributed by atoms with Gasteiger partial charge in [0.2, 0.25) is 5.91 Å². The first-order valence-electron chi connectivity index (χ1n) is 6.28. The highest BCUT2D eigenvalue weighted by Gasteiger charge is 2.29. The van der Waals surface area contributed by atoms with Crippen LogP contribution in [0.3, 0.4) is 0 Å². The molecule has 1 unspecified atom stereocenters. The van der Waals surface area contributed by atoms with E-state index < -0.39 is 11.9 Å². The molecule has 0 aromatic heterocycles. The number of aliphatic carboxylic acids is 1. The summed E-state index contributed by atoms with van der Waals surface area (Å²) in [7, 11) is 0. The molecule has 1 rings (SSSR count). The Kier molecular flexibility index (Phi) is 5.41. The average Bonchev–Trinajstić information content (AvgIpc) is 2.35. The summed E-state index contributed by atoms with van der Waals surface area (Å²) in [5.41, 5.74) is 5.41. The van der Waals surface area contributed by atoms with Gasteiger partial charge in [0, 0.05) is 19.0 Å². The van der Waals surface area contributed by atoms with Crippen LogP contribution in [0.15, 0.2) is 0 Å². The maximum Gasteiger partial charge on any atom is 0.308 e. The summed E-state index contributed by atoms with van der Waals surface area (Å²) in [6, 6.07) is 0. The SMILES string of the molecule is CC(CCCN)C(=O)N1CCC[C@@H](C(=O)O)C1. The number of carbonyl (C=O) groups excluding carboxylic acids is 1. The molecule has 1 aliphatic heterocycles. The van der Waals surface area contributed by atoms with E-state index in [0.29, 0.717) is 26.1 Å². The molecule has 5 heteroatoms. The molecule has 0 aromatic rings. The fourth-order valence-corrected chi connectivity index (χ4v) is 2.24. The van der Waals surface area contributed by atoms with E-state index in [4.69, 9.17) is 10.8 Å². The van der Waals surface area contributed by atoms with E-state index in [2.05, 4.69) is 0 Å². The molecule has 0 saturated carbocycles. The van der Waals surface area contributed by atoms with Gasteiger partial charge in [-0.15, -0.1) is 0 Å². The van der Waals surface area contributed by atoms with Crippen LogP contribution in [0.4, 0.5) is 0 Å². The number of carboxylic acid groups (broad SMARTS) is 1. The lowest BCUT2D eigenvalue weighted by Crippen LogP contribution is -2.44. The van der Waals surface area contributed by atoms with Gasteiger partial charge in [0.25, 0.3) is 0 Å². The number of hydrogen-bond acceptors (Lipinski definition) is 3. The van der Waals surface area contributed by atoms with Crippen LogP contribution < -0.4 is 5.73 Å². The molecular weight excluding hydrogens is 220 g/mol. The molecule has 0 aliphatic carbocycles. The van der Waals surface area contributed by atoms with Gasteiger partial charge in [0.05, 0.1) is 5.92 Å². The van der Waals surface area contributed by atoms with Gasteiger partial charge in [0.1, 0.15) is 0 Å². The number of likely N-dealkylation sites (tertiary alicyclic amines) is 1. The zero-order valence-corrected chi connectivity index (χ0v) is 10.4. The first-order chi connectivity index (χ1) is 8.06. The smallest absolute Gasteiger partial charge is 0.308 e. The molecule has 0 aromatic carbocycles. The molecule has 2 atom stereocenters. The first kappa shape index (κ1) is 14.0. The van der Waals surface area contributed by atoms with Crippen LogP contribution in [0.5, 0.6) is 0 Å². The number of amides is 1. The van der Waals surface area contributed by atoms with Crippen LogP contribution in [0.25, 0.3) is 0 Å². The molecule has 17 heavy (non-hydrogen) atoms. The molecule has 0 bridgehead atoms. The van der Waals surface area contributed by atoms with Crippen LogP contribution in [0, 0.1) is 11.8 Å². The number of piperidine rings is 1. The van der Waals surface area contributed by atoms with Gasteiger partial charge >= 0.3 is 5.97 Å². The standard InChI is InChI=1S/C12H22N2O3/c1-9(4-2-6-13)11(15)14-7-3-5-10(8-14)12(16)17/h9-10H,2-8,13H2,1H3,(H,16,17)/t9?,10-/m1/s1. The lowest BCUT2D eigenvalue weighted by atomic mass is 9.96. The van der Waals surface area contributed by atoms with Crippen molar-refractivity contribution >= 4 is 11.9 Å². The second-order valence-corrected chi connectivity index (χ2v) is 4.79. The van der Waals surface area contributed by atoms with Crippen molar-refractivity contribution in [3.63, 3.8) is 0 Å². The Hall–Kier alpha value is -1.10. The number of carbonyl (C=O) groups is 2. The molecule has 0 spiro atoms. The third-order valence-electron chi connectivity index (χ3n) is 3.35. The Labute approximate surface area is 102 Å². The number of hydrogen-bond donors (Lipinski definition) is 2. The third-order valence-corrected chi connectivity index (χ3v) is 3.35. The highest BCUT2D eigenvalue weighted by atomic mass is 16.4. The van der Waals surface area contributed by atoms with Crippen LogP contribution in [-0.4, -0.2) is 41.5 Å². The monoisotopic (exact) mass is 242 g/mol. The maximum absolute atomic E-state index is 12.1. The fourth-order valence-electron chi connectivity index (χ4n) is 2.24. The molecule has 1 saturated heterocycles. The highest BCUT2D eigenvalue weighted by Crippen LogP contribution is 2.19. The minimum Gasteiger partial charge on any atom is -0.481 e. The van der Waals surface area contributed by atoms with Crippen molar-refractivity contribution in [2.45, 2.75) is 32.6 Å². The first-order valence-corrected chi connectivity index (χ1v) is 6.28. The van der Waals surface area contributed by atoms with Crippen molar-refractivity contribution in [2.75, 3.05) is 19.6 Å². The summed E-state index contributed by atoms with van der Waals surface area (Å²) in [6.45, 7) is 3.54. The number of nitrogens with two attached hydrogens (primary N) is 1. The summed E-state index contributed by atoms with van der Waals surface area (Å²) in [6.07, 6.45) is 3.08. The largest absolute Gasteiger partial charge is 0.481 e. The molecule has 3 N–H and O–H groups in total. The maximum atomic E-state index is 12.1. The van der Waals surface area contributed by atoms with E-state index in [0.717, 1.165) is 19.3 Å². The predicted molar refractivity (Wildman–Crippen MR) is 64.4 cm³/mol. The molecule has 1 fully saturated rings. The quantitative estimate of drug-likeness (QED) is 0.742.